The van der Waals surface area contributed by atoms with E-state index >= 15 is 0 Å². The molecule has 0 spiro atoms. The van der Waals surface area contributed by atoms with E-state index < -0.39 is 5.91 Å². The van der Waals surface area contributed by atoms with Crippen LogP contribution in [0, 0.1) is 6.92 Å². The topological polar surface area (TPSA) is 87.7 Å². The molecular weight excluding hydrogens is 424 g/mol. The average Bonchev–Trinajstić information content (AvgIpc) is 3.20. The zero-order valence-corrected chi connectivity index (χ0v) is 18.2. The highest BCUT2D eigenvalue weighted by atomic mass is 32.1. The first-order chi connectivity index (χ1) is 15.5. The van der Waals surface area contributed by atoms with Crippen molar-refractivity contribution in [1.29, 1.82) is 0 Å². The van der Waals surface area contributed by atoms with E-state index in [2.05, 4.69) is 16.7 Å². The molecular formula is C25H22N2O4S. The number of hydrogen-bond acceptors (Lipinski definition) is 5. The van der Waals surface area contributed by atoms with Gasteiger partial charge in [0.1, 0.15) is 18.1 Å². The first-order valence-electron chi connectivity index (χ1n) is 10.1. The highest BCUT2D eigenvalue weighted by Gasteiger charge is 2.13. The molecule has 0 bridgehead atoms. The number of nitrogens with one attached hydrogen (secondary N) is 2. The lowest BCUT2D eigenvalue weighted by atomic mass is 10.1. The molecule has 4 aromatic rings. The molecule has 7 heteroatoms. The van der Waals surface area contributed by atoms with E-state index in [1.165, 1.54) is 23.5 Å². The molecule has 2 amide bonds. The third kappa shape index (κ3) is 5.07. The Kier molecular flexibility index (Phi) is 6.37. The van der Waals surface area contributed by atoms with E-state index in [0.29, 0.717) is 22.9 Å². The second kappa shape index (κ2) is 9.53. The molecule has 0 atom stereocenters. The maximum Gasteiger partial charge on any atom is 0.261 e. The van der Waals surface area contributed by atoms with Crippen molar-refractivity contribution in [3.8, 4) is 11.5 Å². The first-order valence-corrected chi connectivity index (χ1v) is 10.9. The quantitative estimate of drug-likeness (QED) is 0.350. The van der Waals surface area contributed by atoms with Crippen molar-refractivity contribution in [3.63, 3.8) is 0 Å². The van der Waals surface area contributed by atoms with Gasteiger partial charge in [0.2, 0.25) is 0 Å². The molecule has 1 aromatic heterocycles. The van der Waals surface area contributed by atoms with Gasteiger partial charge in [0.25, 0.3) is 11.8 Å². The molecule has 0 radical (unpaired) electrons. The van der Waals surface area contributed by atoms with E-state index in [9.17, 15) is 14.7 Å². The Morgan fingerprint density at radius 1 is 0.969 bits per heavy atom. The summed E-state index contributed by atoms with van der Waals surface area (Å²) in [6.07, 6.45) is 0. The van der Waals surface area contributed by atoms with Crippen LogP contribution in [0.15, 0.2) is 72.8 Å². The van der Waals surface area contributed by atoms with E-state index in [1.54, 1.807) is 18.2 Å². The molecule has 0 saturated heterocycles. The SMILES string of the molecule is Cc1ccc2sc(C(=O)NCCOc3ccc(C(=O)Nc4ccccc4)c(O)c3)cc2c1. The Labute approximate surface area is 189 Å². The normalized spacial score (nSPS) is 10.7. The van der Waals surface area contributed by atoms with Crippen molar-refractivity contribution in [2.45, 2.75) is 6.92 Å². The Balaban J connectivity index is 1.28. The fourth-order valence-electron chi connectivity index (χ4n) is 3.21. The molecule has 0 fully saturated rings. The van der Waals surface area contributed by atoms with Crippen LogP contribution >= 0.6 is 11.3 Å². The van der Waals surface area contributed by atoms with Crippen molar-refractivity contribution in [1.82, 2.24) is 5.32 Å². The summed E-state index contributed by atoms with van der Waals surface area (Å²) in [5, 5.41) is 16.8. The molecule has 0 aliphatic heterocycles. The number of amides is 2. The number of rotatable bonds is 7. The summed E-state index contributed by atoms with van der Waals surface area (Å²) in [6.45, 7) is 2.56. The van der Waals surface area contributed by atoms with Crippen molar-refractivity contribution in [2.24, 2.45) is 0 Å². The van der Waals surface area contributed by atoms with Crippen LogP contribution in [0.2, 0.25) is 0 Å². The molecule has 6 nitrogen and oxygen atoms in total. The number of carbonyl (C=O) groups is 2. The predicted molar refractivity (Wildman–Crippen MR) is 127 cm³/mol. The number of fused-ring (bicyclic) bond motifs is 1. The molecule has 3 aromatic carbocycles. The second-order valence-corrected chi connectivity index (χ2v) is 8.34. The Bertz CT molecular complexity index is 1270. The van der Waals surface area contributed by atoms with Gasteiger partial charge in [-0.2, -0.15) is 0 Å². The largest absolute Gasteiger partial charge is 0.507 e. The van der Waals surface area contributed by atoms with Gasteiger partial charge in [0.05, 0.1) is 17.0 Å². The number of para-hydroxylation sites is 1. The summed E-state index contributed by atoms with van der Waals surface area (Å²) in [7, 11) is 0. The number of carbonyl (C=O) groups excluding carboxylic acids is 2. The van der Waals surface area contributed by atoms with Crippen LogP contribution in [-0.4, -0.2) is 30.1 Å². The zero-order valence-electron chi connectivity index (χ0n) is 17.4. The fourth-order valence-corrected chi connectivity index (χ4v) is 4.17. The standard InChI is InChI=1S/C25H22N2O4S/c1-16-7-10-22-17(13-16)14-23(32-22)25(30)26-11-12-31-19-8-9-20(21(28)15-19)24(29)27-18-5-3-2-4-6-18/h2-10,13-15,28H,11-12H2,1H3,(H,26,30)(H,27,29). The van der Waals surface area contributed by atoms with E-state index in [4.69, 9.17) is 4.74 Å². The lowest BCUT2D eigenvalue weighted by Gasteiger charge is -2.10. The molecule has 0 aliphatic carbocycles. The maximum atomic E-state index is 12.4. The van der Waals surface area contributed by atoms with E-state index in [1.807, 2.05) is 43.3 Å². The molecule has 0 aliphatic rings. The minimum atomic E-state index is -0.411. The first kappa shape index (κ1) is 21.4. The number of benzene rings is 3. The van der Waals surface area contributed by atoms with Gasteiger partial charge in [0, 0.05) is 16.5 Å². The lowest BCUT2D eigenvalue weighted by molar-refractivity contribution is 0.0950. The van der Waals surface area contributed by atoms with Crippen LogP contribution in [0.3, 0.4) is 0 Å². The van der Waals surface area contributed by atoms with Gasteiger partial charge in [0.15, 0.2) is 0 Å². The van der Waals surface area contributed by atoms with Crippen molar-refractivity contribution < 1.29 is 19.4 Å². The average molecular weight is 447 g/mol. The monoisotopic (exact) mass is 446 g/mol. The number of anilines is 1. The number of ether oxygens (including phenoxy) is 1. The summed E-state index contributed by atoms with van der Waals surface area (Å²) in [5.41, 5.74) is 1.94. The third-order valence-corrected chi connectivity index (χ3v) is 5.91. The predicted octanol–water partition coefficient (Wildman–Crippen LogP) is 4.98. The number of hydrogen-bond donors (Lipinski definition) is 3. The van der Waals surface area contributed by atoms with Crippen molar-refractivity contribution in [3.05, 3.63) is 88.8 Å². The summed E-state index contributed by atoms with van der Waals surface area (Å²) < 4.78 is 6.67. The van der Waals surface area contributed by atoms with Crippen LogP contribution in [0.5, 0.6) is 11.5 Å². The van der Waals surface area contributed by atoms with Crippen LogP contribution in [0.4, 0.5) is 5.69 Å². The minimum absolute atomic E-state index is 0.148. The van der Waals surface area contributed by atoms with Crippen molar-refractivity contribution in [2.75, 3.05) is 18.5 Å². The van der Waals surface area contributed by atoms with Crippen LogP contribution in [0.25, 0.3) is 10.1 Å². The molecule has 4 rings (SSSR count). The summed E-state index contributed by atoms with van der Waals surface area (Å²) in [4.78, 5) is 25.4. The number of aryl methyl sites for hydroxylation is 1. The Hall–Kier alpha value is -3.84. The Morgan fingerprint density at radius 3 is 2.56 bits per heavy atom. The number of phenolic OH excluding ortho intramolecular Hbond substituents is 1. The van der Waals surface area contributed by atoms with Gasteiger partial charge in [-0.3, -0.25) is 9.59 Å². The number of phenols is 1. The smallest absolute Gasteiger partial charge is 0.261 e. The lowest BCUT2D eigenvalue weighted by Crippen LogP contribution is -2.27. The van der Waals surface area contributed by atoms with Gasteiger partial charge in [-0.05, 0) is 48.7 Å². The highest BCUT2D eigenvalue weighted by molar-refractivity contribution is 7.20. The summed E-state index contributed by atoms with van der Waals surface area (Å²) >= 11 is 1.45. The molecule has 0 saturated carbocycles. The maximum absolute atomic E-state index is 12.4. The molecule has 3 N–H and O–H groups in total. The summed E-state index contributed by atoms with van der Waals surface area (Å²) in [5.74, 6) is -0.333. The minimum Gasteiger partial charge on any atom is -0.507 e. The number of thiophene rings is 1. The Morgan fingerprint density at radius 2 is 1.78 bits per heavy atom. The van der Waals surface area contributed by atoms with E-state index in [-0.39, 0.29) is 23.8 Å². The van der Waals surface area contributed by atoms with Gasteiger partial charge in [-0.15, -0.1) is 11.3 Å². The van der Waals surface area contributed by atoms with Crippen molar-refractivity contribution >= 4 is 38.9 Å². The van der Waals surface area contributed by atoms with Crippen LogP contribution in [-0.2, 0) is 0 Å². The molecule has 32 heavy (non-hydrogen) atoms. The number of aromatic hydroxyl groups is 1. The molecule has 162 valence electrons. The van der Waals surface area contributed by atoms with Gasteiger partial charge in [-0.1, -0.05) is 35.9 Å². The van der Waals surface area contributed by atoms with Crippen LogP contribution in [0.1, 0.15) is 25.6 Å². The summed E-state index contributed by atoms with van der Waals surface area (Å²) in [6, 6.07) is 21.5. The van der Waals surface area contributed by atoms with Gasteiger partial charge < -0.3 is 20.5 Å². The van der Waals surface area contributed by atoms with Gasteiger partial charge >= 0.3 is 0 Å². The fraction of sp³-hybridized carbons (Fsp3) is 0.120. The molecule has 0 unspecified atom stereocenters. The molecule has 1 heterocycles. The van der Waals surface area contributed by atoms with Crippen LogP contribution < -0.4 is 15.4 Å². The van der Waals surface area contributed by atoms with Gasteiger partial charge in [-0.25, -0.2) is 0 Å². The zero-order chi connectivity index (χ0) is 22.5. The highest BCUT2D eigenvalue weighted by Crippen LogP contribution is 2.27. The van der Waals surface area contributed by atoms with E-state index in [0.717, 1.165) is 15.6 Å². The second-order valence-electron chi connectivity index (χ2n) is 7.26. The third-order valence-electron chi connectivity index (χ3n) is 4.80.